The van der Waals surface area contributed by atoms with Crippen molar-refractivity contribution in [2.45, 2.75) is 25.8 Å². The minimum atomic E-state index is 0. The number of nitrogens with zero attached hydrogens (tertiary/aromatic N) is 1. The van der Waals surface area contributed by atoms with Crippen LogP contribution in [0.15, 0.2) is 0 Å². The fourth-order valence-electron chi connectivity index (χ4n) is 1.76. The first-order chi connectivity index (χ1) is 7.74. The Hall–Kier alpha value is -0.0700. The van der Waals surface area contributed by atoms with Crippen LogP contribution in [0.25, 0.3) is 0 Å². The second-order valence-electron chi connectivity index (χ2n) is 4.19. The van der Waals surface area contributed by atoms with Gasteiger partial charge in [-0.25, -0.2) is 0 Å². The van der Waals surface area contributed by atoms with E-state index in [2.05, 4.69) is 17.1 Å². The van der Waals surface area contributed by atoms with Gasteiger partial charge in [0.05, 0.1) is 13.2 Å². The second-order valence-corrected chi connectivity index (χ2v) is 4.19. The Morgan fingerprint density at radius 1 is 1.39 bits per heavy atom. The van der Waals surface area contributed by atoms with Crippen LogP contribution >= 0.6 is 24.8 Å². The molecule has 0 aromatic rings. The molecule has 5 nitrogen and oxygen atoms in total. The van der Waals surface area contributed by atoms with Crippen molar-refractivity contribution >= 4 is 30.7 Å². The fourth-order valence-corrected chi connectivity index (χ4v) is 1.76. The molecule has 0 radical (unpaired) electrons. The van der Waals surface area contributed by atoms with Gasteiger partial charge in [-0.15, -0.1) is 24.8 Å². The van der Waals surface area contributed by atoms with Crippen molar-refractivity contribution in [1.82, 2.24) is 10.2 Å². The monoisotopic (exact) mass is 301 g/mol. The third-order valence-electron chi connectivity index (χ3n) is 2.87. The Balaban J connectivity index is 0. The molecular weight excluding hydrogens is 277 g/mol. The molecule has 0 aromatic carbocycles. The number of hydrogen-bond donors (Lipinski definition) is 2. The summed E-state index contributed by atoms with van der Waals surface area (Å²) in [7, 11) is 0. The minimum Gasteiger partial charge on any atom is -0.379 e. The van der Waals surface area contributed by atoms with Gasteiger partial charge in [0, 0.05) is 32.1 Å². The number of rotatable bonds is 6. The van der Waals surface area contributed by atoms with Gasteiger partial charge in [0.15, 0.2) is 0 Å². The van der Waals surface area contributed by atoms with Gasteiger partial charge in [-0.3, -0.25) is 9.69 Å². The number of nitrogens with one attached hydrogen (secondary N) is 1. The number of carbonyl (C=O) groups excluding carboxylic acids is 1. The Bertz CT molecular complexity index is 214. The lowest BCUT2D eigenvalue weighted by atomic mass is 10.2. The van der Waals surface area contributed by atoms with Crippen molar-refractivity contribution in [1.29, 1.82) is 0 Å². The lowest BCUT2D eigenvalue weighted by Gasteiger charge is -2.32. The summed E-state index contributed by atoms with van der Waals surface area (Å²) in [6, 6.07) is 0.380. The predicted octanol–water partition coefficient (Wildman–Crippen LogP) is 0.406. The number of halogens is 2. The first kappa shape index (κ1) is 20.3. The van der Waals surface area contributed by atoms with Crippen molar-refractivity contribution in [2.75, 3.05) is 39.4 Å². The summed E-state index contributed by atoms with van der Waals surface area (Å²) in [4.78, 5) is 13.7. The average Bonchev–Trinajstić information content (AvgIpc) is 2.34. The molecule has 1 saturated heterocycles. The quantitative estimate of drug-likeness (QED) is 0.745. The van der Waals surface area contributed by atoms with Crippen LogP contribution in [0.3, 0.4) is 0 Å². The maximum atomic E-state index is 11.4. The molecule has 0 saturated carbocycles. The van der Waals surface area contributed by atoms with Gasteiger partial charge in [0.2, 0.25) is 5.91 Å². The van der Waals surface area contributed by atoms with Crippen LogP contribution in [0.5, 0.6) is 0 Å². The van der Waals surface area contributed by atoms with E-state index in [4.69, 9.17) is 10.5 Å². The second kappa shape index (κ2) is 12.0. The summed E-state index contributed by atoms with van der Waals surface area (Å²) in [5.41, 5.74) is 5.35. The summed E-state index contributed by atoms with van der Waals surface area (Å²) < 4.78 is 5.29. The van der Waals surface area contributed by atoms with Crippen LogP contribution in [0.2, 0.25) is 0 Å². The van der Waals surface area contributed by atoms with Gasteiger partial charge >= 0.3 is 0 Å². The Labute approximate surface area is 122 Å². The summed E-state index contributed by atoms with van der Waals surface area (Å²) in [5.74, 6) is 0.102. The van der Waals surface area contributed by atoms with Crippen molar-refractivity contribution < 1.29 is 9.53 Å². The topological polar surface area (TPSA) is 67.6 Å². The Kier molecular flexibility index (Phi) is 13.5. The molecule has 0 bridgehead atoms. The van der Waals surface area contributed by atoms with Crippen LogP contribution in [-0.2, 0) is 9.53 Å². The third kappa shape index (κ3) is 8.11. The largest absolute Gasteiger partial charge is 0.379 e. The van der Waals surface area contributed by atoms with Crippen molar-refractivity contribution in [3.05, 3.63) is 0 Å². The zero-order valence-corrected chi connectivity index (χ0v) is 12.5. The first-order valence-electron chi connectivity index (χ1n) is 6.02. The molecule has 18 heavy (non-hydrogen) atoms. The standard InChI is InChI=1S/C11H23N3O2.2ClH/c1-10(14-5-7-16-8-6-14)9-13-11(15)3-2-4-12;;/h10H,2-9,12H2,1H3,(H,13,15);2*1H. The lowest BCUT2D eigenvalue weighted by Crippen LogP contribution is -2.47. The summed E-state index contributed by atoms with van der Waals surface area (Å²) >= 11 is 0. The van der Waals surface area contributed by atoms with E-state index in [1.54, 1.807) is 0 Å². The number of morpholine rings is 1. The summed E-state index contributed by atoms with van der Waals surface area (Å²) in [5, 5.41) is 2.94. The predicted molar refractivity (Wildman–Crippen MR) is 77.6 cm³/mol. The third-order valence-corrected chi connectivity index (χ3v) is 2.87. The highest BCUT2D eigenvalue weighted by molar-refractivity contribution is 5.85. The SMILES string of the molecule is CC(CNC(=O)CCCN)N1CCOCC1.Cl.Cl. The average molecular weight is 302 g/mol. The maximum absolute atomic E-state index is 11.4. The van der Waals surface area contributed by atoms with Gasteiger partial charge in [-0.1, -0.05) is 0 Å². The van der Waals surface area contributed by atoms with E-state index in [-0.39, 0.29) is 30.7 Å². The number of ether oxygens (including phenoxy) is 1. The molecule has 110 valence electrons. The molecule has 1 fully saturated rings. The fraction of sp³-hybridized carbons (Fsp3) is 0.909. The van der Waals surface area contributed by atoms with Crippen LogP contribution in [0, 0.1) is 0 Å². The summed E-state index contributed by atoms with van der Waals surface area (Å²) in [6.45, 7) is 6.93. The van der Waals surface area contributed by atoms with Crippen LogP contribution in [0.1, 0.15) is 19.8 Å². The molecule has 1 heterocycles. The number of nitrogens with two attached hydrogens (primary N) is 1. The Morgan fingerprint density at radius 2 is 2.00 bits per heavy atom. The summed E-state index contributed by atoms with van der Waals surface area (Å²) in [6.07, 6.45) is 1.30. The number of hydrogen-bond acceptors (Lipinski definition) is 4. The van der Waals surface area contributed by atoms with Crippen LogP contribution in [-0.4, -0.2) is 56.2 Å². The zero-order chi connectivity index (χ0) is 11.8. The zero-order valence-electron chi connectivity index (χ0n) is 10.9. The molecule has 0 aliphatic carbocycles. The molecule has 1 rings (SSSR count). The van der Waals surface area contributed by atoms with Gasteiger partial charge in [0.25, 0.3) is 0 Å². The minimum absolute atomic E-state index is 0. The molecule has 1 aliphatic rings. The van der Waals surface area contributed by atoms with Crippen LogP contribution < -0.4 is 11.1 Å². The van der Waals surface area contributed by atoms with Gasteiger partial charge < -0.3 is 15.8 Å². The molecule has 1 unspecified atom stereocenters. The van der Waals surface area contributed by atoms with E-state index in [1.807, 2.05) is 0 Å². The van der Waals surface area contributed by atoms with Crippen molar-refractivity contribution in [3.63, 3.8) is 0 Å². The Morgan fingerprint density at radius 3 is 2.56 bits per heavy atom. The highest BCUT2D eigenvalue weighted by Crippen LogP contribution is 2.02. The molecule has 1 atom stereocenters. The van der Waals surface area contributed by atoms with E-state index in [1.165, 1.54) is 0 Å². The molecular formula is C11H25Cl2N3O2. The van der Waals surface area contributed by atoms with Gasteiger partial charge in [-0.2, -0.15) is 0 Å². The first-order valence-corrected chi connectivity index (χ1v) is 6.02. The van der Waals surface area contributed by atoms with Crippen LogP contribution in [0.4, 0.5) is 0 Å². The van der Waals surface area contributed by atoms with Gasteiger partial charge in [0.1, 0.15) is 0 Å². The highest BCUT2D eigenvalue weighted by atomic mass is 35.5. The van der Waals surface area contributed by atoms with E-state index in [0.29, 0.717) is 25.6 Å². The van der Waals surface area contributed by atoms with E-state index >= 15 is 0 Å². The smallest absolute Gasteiger partial charge is 0.220 e. The van der Waals surface area contributed by atoms with E-state index in [9.17, 15) is 4.79 Å². The van der Waals surface area contributed by atoms with Crippen molar-refractivity contribution in [2.24, 2.45) is 5.73 Å². The van der Waals surface area contributed by atoms with Gasteiger partial charge in [-0.05, 0) is 19.9 Å². The van der Waals surface area contributed by atoms with E-state index in [0.717, 1.165) is 32.7 Å². The van der Waals surface area contributed by atoms with E-state index < -0.39 is 0 Å². The van der Waals surface area contributed by atoms with Crippen molar-refractivity contribution in [3.8, 4) is 0 Å². The number of carbonyl (C=O) groups is 1. The molecule has 0 spiro atoms. The number of amides is 1. The highest BCUT2D eigenvalue weighted by Gasteiger charge is 2.17. The molecule has 3 N–H and O–H groups in total. The molecule has 0 aromatic heterocycles. The normalized spacial score (nSPS) is 17.2. The molecule has 1 aliphatic heterocycles. The molecule has 7 heteroatoms. The lowest BCUT2D eigenvalue weighted by molar-refractivity contribution is -0.121. The molecule has 1 amide bonds. The maximum Gasteiger partial charge on any atom is 0.220 e.